The monoisotopic (exact) mass is 354 g/mol. The Labute approximate surface area is 144 Å². The number of hydrogen-bond donors (Lipinski definition) is 2. The molecule has 1 aromatic rings. The molecule has 0 radical (unpaired) electrons. The average Bonchev–Trinajstić information content (AvgIpc) is 3.02. The number of aromatic nitrogens is 1. The lowest BCUT2D eigenvalue weighted by molar-refractivity contribution is 0.265. The lowest BCUT2D eigenvalue weighted by Gasteiger charge is -2.14. The standard InChI is InChI=1S/C16H26N4O3S/c1-24(21,22)23-12-7-5-3-2-4-6-11-20-14-16(18-19-20)15-9-8-10-17-13-15/h8-10,13-14,18-19H,2-7,11-12H2,1H3. The Bertz CT molecular complexity index is 619. The van der Waals surface area contributed by atoms with Gasteiger partial charge in [0.2, 0.25) is 0 Å². The van der Waals surface area contributed by atoms with E-state index in [0.29, 0.717) is 6.61 Å². The lowest BCUT2D eigenvalue weighted by Crippen LogP contribution is -2.36. The summed E-state index contributed by atoms with van der Waals surface area (Å²) in [7, 11) is -3.29. The topological polar surface area (TPSA) is 83.6 Å². The van der Waals surface area contributed by atoms with Gasteiger partial charge in [-0.2, -0.15) is 8.42 Å². The van der Waals surface area contributed by atoms with Gasteiger partial charge in [0.25, 0.3) is 10.1 Å². The Balaban J connectivity index is 1.50. The summed E-state index contributed by atoms with van der Waals surface area (Å²) in [5.74, 6) is 0. The molecule has 7 nitrogen and oxygen atoms in total. The van der Waals surface area contributed by atoms with Crippen molar-refractivity contribution >= 4 is 15.8 Å². The molecule has 0 bridgehead atoms. The largest absolute Gasteiger partial charge is 0.302 e. The minimum Gasteiger partial charge on any atom is -0.302 e. The molecule has 2 N–H and O–H groups in total. The second kappa shape index (κ2) is 9.61. The molecule has 0 saturated carbocycles. The molecule has 134 valence electrons. The molecule has 1 aromatic heterocycles. The van der Waals surface area contributed by atoms with Crippen molar-refractivity contribution in [1.29, 1.82) is 0 Å². The Morgan fingerprint density at radius 1 is 1.17 bits per heavy atom. The third-order valence-electron chi connectivity index (χ3n) is 3.68. The normalized spacial score (nSPS) is 14.5. The first-order valence-corrected chi connectivity index (χ1v) is 10.1. The highest BCUT2D eigenvalue weighted by Crippen LogP contribution is 2.14. The maximum Gasteiger partial charge on any atom is 0.264 e. The van der Waals surface area contributed by atoms with Crippen molar-refractivity contribution in [1.82, 2.24) is 21.0 Å². The van der Waals surface area contributed by atoms with Crippen LogP contribution in [-0.4, -0.2) is 37.8 Å². The van der Waals surface area contributed by atoms with Crippen LogP contribution in [0.25, 0.3) is 5.70 Å². The number of hydrazine groups is 2. The second-order valence-corrected chi connectivity index (χ2v) is 7.51. The van der Waals surface area contributed by atoms with E-state index in [0.717, 1.165) is 62.6 Å². The Kier molecular flexibility index (Phi) is 7.48. The van der Waals surface area contributed by atoms with E-state index in [4.69, 9.17) is 4.18 Å². The lowest BCUT2D eigenvalue weighted by atomic mass is 10.1. The molecule has 2 rings (SSSR count). The summed E-state index contributed by atoms with van der Waals surface area (Å²) >= 11 is 0. The fourth-order valence-corrected chi connectivity index (χ4v) is 2.86. The van der Waals surface area contributed by atoms with Crippen molar-refractivity contribution in [3.8, 4) is 0 Å². The van der Waals surface area contributed by atoms with Gasteiger partial charge in [-0.25, -0.2) is 0 Å². The van der Waals surface area contributed by atoms with Crippen LogP contribution in [0.1, 0.15) is 44.1 Å². The Morgan fingerprint density at radius 2 is 1.92 bits per heavy atom. The van der Waals surface area contributed by atoms with Crippen molar-refractivity contribution in [3.63, 3.8) is 0 Å². The summed E-state index contributed by atoms with van der Waals surface area (Å²) in [6.07, 6.45) is 13.0. The summed E-state index contributed by atoms with van der Waals surface area (Å²) in [6.45, 7) is 1.23. The Hall–Kier alpha value is -1.64. The van der Waals surface area contributed by atoms with E-state index >= 15 is 0 Å². The number of nitrogens with one attached hydrogen (secondary N) is 2. The van der Waals surface area contributed by atoms with Crippen LogP contribution in [0, 0.1) is 0 Å². The Morgan fingerprint density at radius 3 is 2.62 bits per heavy atom. The first-order valence-electron chi connectivity index (χ1n) is 8.29. The smallest absolute Gasteiger partial charge is 0.264 e. The van der Waals surface area contributed by atoms with Crippen LogP contribution in [-0.2, 0) is 14.3 Å². The van der Waals surface area contributed by atoms with Gasteiger partial charge in [-0.1, -0.05) is 25.7 Å². The van der Waals surface area contributed by atoms with Crippen LogP contribution in [0.5, 0.6) is 0 Å². The maximum absolute atomic E-state index is 10.8. The third-order valence-corrected chi connectivity index (χ3v) is 4.28. The molecule has 0 atom stereocenters. The van der Waals surface area contributed by atoms with Gasteiger partial charge < -0.3 is 5.43 Å². The van der Waals surface area contributed by atoms with Crippen LogP contribution in [0.2, 0.25) is 0 Å². The number of pyridine rings is 1. The van der Waals surface area contributed by atoms with Gasteiger partial charge in [-0.15, -0.1) is 5.53 Å². The molecule has 0 unspecified atom stereocenters. The van der Waals surface area contributed by atoms with Gasteiger partial charge in [0.1, 0.15) is 0 Å². The number of nitrogens with zero attached hydrogens (tertiary/aromatic N) is 2. The zero-order valence-corrected chi connectivity index (χ0v) is 14.9. The van der Waals surface area contributed by atoms with Crippen molar-refractivity contribution in [3.05, 3.63) is 36.3 Å². The van der Waals surface area contributed by atoms with E-state index in [2.05, 4.69) is 22.1 Å². The van der Waals surface area contributed by atoms with Crippen LogP contribution >= 0.6 is 0 Å². The molecule has 2 heterocycles. The molecule has 0 amide bonds. The highest BCUT2D eigenvalue weighted by molar-refractivity contribution is 7.85. The number of rotatable bonds is 11. The predicted molar refractivity (Wildman–Crippen MR) is 93.7 cm³/mol. The molecule has 1 aliphatic heterocycles. The quantitative estimate of drug-likeness (QED) is 0.464. The molecule has 0 spiro atoms. The van der Waals surface area contributed by atoms with Gasteiger partial charge in [0.15, 0.2) is 0 Å². The van der Waals surface area contributed by atoms with Crippen LogP contribution < -0.4 is 11.0 Å². The van der Waals surface area contributed by atoms with E-state index in [1.807, 2.05) is 23.3 Å². The van der Waals surface area contributed by atoms with E-state index in [1.165, 1.54) is 0 Å². The van der Waals surface area contributed by atoms with E-state index in [-0.39, 0.29) is 0 Å². The maximum atomic E-state index is 10.8. The second-order valence-electron chi connectivity index (χ2n) is 5.86. The van der Waals surface area contributed by atoms with Gasteiger partial charge in [-0.05, 0) is 25.0 Å². The summed E-state index contributed by atoms with van der Waals surface area (Å²) < 4.78 is 26.3. The molecule has 0 saturated heterocycles. The van der Waals surface area contributed by atoms with Crippen LogP contribution in [0.15, 0.2) is 30.7 Å². The first-order chi connectivity index (χ1) is 11.5. The fraction of sp³-hybridized carbons (Fsp3) is 0.562. The fourth-order valence-electron chi connectivity index (χ4n) is 2.44. The van der Waals surface area contributed by atoms with E-state index < -0.39 is 10.1 Å². The molecular formula is C16H26N4O3S. The molecule has 0 fully saturated rings. The summed E-state index contributed by atoms with van der Waals surface area (Å²) in [5, 5.41) is 2.04. The molecule has 24 heavy (non-hydrogen) atoms. The van der Waals surface area contributed by atoms with Gasteiger partial charge in [-0.3, -0.25) is 14.2 Å². The van der Waals surface area contributed by atoms with E-state index in [1.54, 1.807) is 6.20 Å². The molecular weight excluding hydrogens is 328 g/mol. The number of unbranched alkanes of at least 4 members (excludes halogenated alkanes) is 5. The zero-order chi connectivity index (χ0) is 17.3. The minimum atomic E-state index is -3.29. The van der Waals surface area contributed by atoms with Gasteiger partial charge in [0.05, 0.1) is 18.6 Å². The molecule has 8 heteroatoms. The van der Waals surface area contributed by atoms with Crippen LogP contribution in [0.3, 0.4) is 0 Å². The van der Waals surface area contributed by atoms with Crippen molar-refractivity contribution in [2.24, 2.45) is 0 Å². The first kappa shape index (κ1) is 18.7. The SMILES string of the molecule is CS(=O)(=O)OCCCCCCCCN1C=C(c2cccnc2)NN1. The van der Waals surface area contributed by atoms with Crippen molar-refractivity contribution in [2.45, 2.75) is 38.5 Å². The van der Waals surface area contributed by atoms with Gasteiger partial charge >= 0.3 is 0 Å². The average molecular weight is 354 g/mol. The highest BCUT2D eigenvalue weighted by Gasteiger charge is 2.11. The minimum absolute atomic E-state index is 0.296. The number of hydrogen-bond acceptors (Lipinski definition) is 7. The van der Waals surface area contributed by atoms with Crippen LogP contribution in [0.4, 0.5) is 0 Å². The van der Waals surface area contributed by atoms with Crippen molar-refractivity contribution < 1.29 is 12.6 Å². The molecule has 0 aliphatic carbocycles. The third kappa shape index (κ3) is 7.29. The molecule has 1 aliphatic rings. The zero-order valence-electron chi connectivity index (χ0n) is 14.1. The summed E-state index contributed by atoms with van der Waals surface area (Å²) in [5.41, 5.74) is 8.35. The summed E-state index contributed by atoms with van der Waals surface area (Å²) in [4.78, 5) is 4.12. The summed E-state index contributed by atoms with van der Waals surface area (Å²) in [6, 6.07) is 3.94. The predicted octanol–water partition coefficient (Wildman–Crippen LogP) is 2.02. The highest BCUT2D eigenvalue weighted by atomic mass is 32.2. The van der Waals surface area contributed by atoms with E-state index in [9.17, 15) is 8.42 Å². The molecule has 0 aromatic carbocycles. The van der Waals surface area contributed by atoms with Gasteiger partial charge in [0, 0.05) is 30.7 Å². The van der Waals surface area contributed by atoms with Crippen molar-refractivity contribution in [2.75, 3.05) is 19.4 Å².